The van der Waals surface area contributed by atoms with Gasteiger partial charge in [0.25, 0.3) is 0 Å². The number of nitrogens with zero attached hydrogens (tertiary/aromatic N) is 2. The third-order valence-electron chi connectivity index (χ3n) is 3.09. The van der Waals surface area contributed by atoms with Gasteiger partial charge in [0.2, 0.25) is 5.69 Å². The highest BCUT2D eigenvalue weighted by Crippen LogP contribution is 2.08. The van der Waals surface area contributed by atoms with Crippen LogP contribution < -0.4 is 15.6 Å². The van der Waals surface area contributed by atoms with Crippen LogP contribution in [-0.4, -0.2) is 23.1 Å². The summed E-state index contributed by atoms with van der Waals surface area (Å²) in [7, 11) is 0. The Hall–Kier alpha value is -1.40. The topological polar surface area (TPSA) is 54.2 Å². The van der Waals surface area contributed by atoms with Crippen LogP contribution in [0.2, 0.25) is 0 Å². The van der Waals surface area contributed by atoms with Gasteiger partial charge < -0.3 is 10.1 Å². The SMILES string of the molecule is C[C@H](NNC(=S)N1CCCC1)c1cccc[n+]1[O-]. The number of hydrogen-bond donors (Lipinski definition) is 2. The van der Waals surface area contributed by atoms with E-state index in [4.69, 9.17) is 12.2 Å². The van der Waals surface area contributed by atoms with Crippen molar-refractivity contribution >= 4 is 17.3 Å². The molecule has 1 saturated heterocycles. The van der Waals surface area contributed by atoms with Gasteiger partial charge in [0.1, 0.15) is 6.04 Å². The van der Waals surface area contributed by atoms with Gasteiger partial charge >= 0.3 is 0 Å². The molecule has 5 nitrogen and oxygen atoms in total. The molecule has 1 aliphatic rings. The first-order valence-electron chi connectivity index (χ1n) is 6.17. The first kappa shape index (κ1) is 13.0. The third-order valence-corrected chi connectivity index (χ3v) is 3.45. The van der Waals surface area contributed by atoms with E-state index in [9.17, 15) is 5.21 Å². The summed E-state index contributed by atoms with van der Waals surface area (Å²) in [4.78, 5) is 2.13. The molecule has 1 aromatic heterocycles. The molecule has 0 spiro atoms. The average molecular weight is 266 g/mol. The van der Waals surface area contributed by atoms with Crippen molar-refractivity contribution in [2.45, 2.75) is 25.8 Å². The van der Waals surface area contributed by atoms with Crippen LogP contribution in [0.15, 0.2) is 24.4 Å². The number of aromatic nitrogens is 1. The van der Waals surface area contributed by atoms with E-state index in [2.05, 4.69) is 15.8 Å². The largest absolute Gasteiger partial charge is 0.618 e. The smallest absolute Gasteiger partial charge is 0.211 e. The molecule has 1 atom stereocenters. The third kappa shape index (κ3) is 3.08. The summed E-state index contributed by atoms with van der Waals surface area (Å²) >= 11 is 5.28. The van der Waals surface area contributed by atoms with Crippen molar-refractivity contribution in [1.29, 1.82) is 0 Å². The lowest BCUT2D eigenvalue weighted by molar-refractivity contribution is -0.616. The van der Waals surface area contributed by atoms with E-state index in [0.717, 1.165) is 17.8 Å². The maximum Gasteiger partial charge on any atom is 0.211 e. The highest BCUT2D eigenvalue weighted by atomic mass is 32.1. The van der Waals surface area contributed by atoms with Crippen molar-refractivity contribution in [1.82, 2.24) is 15.8 Å². The predicted octanol–water partition coefficient (Wildman–Crippen LogP) is 0.856. The molecule has 2 N–H and O–H groups in total. The molecule has 2 heterocycles. The molecule has 18 heavy (non-hydrogen) atoms. The number of hydrogen-bond acceptors (Lipinski definition) is 3. The molecular weight excluding hydrogens is 248 g/mol. The number of hydrazine groups is 1. The number of pyridine rings is 1. The van der Waals surface area contributed by atoms with E-state index in [1.807, 2.05) is 13.0 Å². The first-order valence-corrected chi connectivity index (χ1v) is 6.58. The minimum atomic E-state index is -0.107. The number of likely N-dealkylation sites (tertiary alicyclic amines) is 1. The fourth-order valence-electron chi connectivity index (χ4n) is 2.02. The van der Waals surface area contributed by atoms with E-state index in [1.54, 1.807) is 12.1 Å². The predicted molar refractivity (Wildman–Crippen MR) is 73.5 cm³/mol. The molecule has 0 unspecified atom stereocenters. The van der Waals surface area contributed by atoms with Crippen LogP contribution in [0.5, 0.6) is 0 Å². The molecule has 0 saturated carbocycles. The summed E-state index contributed by atoms with van der Waals surface area (Å²) < 4.78 is 0.859. The van der Waals surface area contributed by atoms with Crippen molar-refractivity contribution in [3.63, 3.8) is 0 Å². The molecule has 1 aromatic rings. The van der Waals surface area contributed by atoms with E-state index in [0.29, 0.717) is 10.8 Å². The van der Waals surface area contributed by atoms with Gasteiger partial charge in [-0.3, -0.25) is 5.43 Å². The Labute approximate surface area is 112 Å². The second kappa shape index (κ2) is 5.97. The standard InChI is InChI=1S/C12H18N4OS/c1-10(11-6-2-3-9-16(11)17)13-14-12(18)15-7-4-5-8-15/h2-3,6,9-10,13H,4-5,7-8H2,1H3,(H,14,18)/t10-/m0/s1. The maximum absolute atomic E-state index is 11.6. The molecule has 0 amide bonds. The Morgan fingerprint density at radius 2 is 2.17 bits per heavy atom. The Kier molecular flexibility index (Phi) is 4.33. The zero-order chi connectivity index (χ0) is 13.0. The highest BCUT2D eigenvalue weighted by molar-refractivity contribution is 7.80. The summed E-state index contributed by atoms with van der Waals surface area (Å²) in [5, 5.41) is 12.3. The van der Waals surface area contributed by atoms with Crippen molar-refractivity contribution in [3.8, 4) is 0 Å². The van der Waals surface area contributed by atoms with Crippen LogP contribution in [0.4, 0.5) is 0 Å². The van der Waals surface area contributed by atoms with Crippen molar-refractivity contribution in [2.24, 2.45) is 0 Å². The van der Waals surface area contributed by atoms with Gasteiger partial charge in [0, 0.05) is 25.2 Å². The molecule has 98 valence electrons. The zero-order valence-electron chi connectivity index (χ0n) is 10.4. The Morgan fingerprint density at radius 1 is 1.44 bits per heavy atom. The van der Waals surface area contributed by atoms with Gasteiger partial charge in [0.15, 0.2) is 11.3 Å². The van der Waals surface area contributed by atoms with Gasteiger partial charge in [-0.1, -0.05) is 0 Å². The number of nitrogens with one attached hydrogen (secondary N) is 2. The van der Waals surface area contributed by atoms with Crippen LogP contribution in [0, 0.1) is 5.21 Å². The van der Waals surface area contributed by atoms with E-state index in [1.165, 1.54) is 19.0 Å². The van der Waals surface area contributed by atoms with E-state index in [-0.39, 0.29) is 6.04 Å². The zero-order valence-corrected chi connectivity index (χ0v) is 11.2. The van der Waals surface area contributed by atoms with Crippen molar-refractivity contribution in [2.75, 3.05) is 13.1 Å². The molecule has 1 fully saturated rings. The lowest BCUT2D eigenvalue weighted by Crippen LogP contribution is -2.48. The molecular formula is C12H18N4OS. The molecule has 0 aliphatic carbocycles. The summed E-state index contributed by atoms with van der Waals surface area (Å²) in [6.45, 7) is 3.94. The van der Waals surface area contributed by atoms with Crippen LogP contribution in [0.1, 0.15) is 31.5 Å². The van der Waals surface area contributed by atoms with Crippen LogP contribution in [-0.2, 0) is 0 Å². The Morgan fingerprint density at radius 3 is 2.83 bits per heavy atom. The van der Waals surface area contributed by atoms with E-state index < -0.39 is 0 Å². The molecule has 0 radical (unpaired) electrons. The van der Waals surface area contributed by atoms with Gasteiger partial charge in [-0.15, -0.1) is 0 Å². The first-order chi connectivity index (χ1) is 8.68. The van der Waals surface area contributed by atoms with Crippen LogP contribution in [0.3, 0.4) is 0 Å². The number of thiocarbonyl (C=S) groups is 1. The lowest BCUT2D eigenvalue weighted by Gasteiger charge is -2.22. The Bertz CT molecular complexity index is 420. The second-order valence-electron chi connectivity index (χ2n) is 4.44. The van der Waals surface area contributed by atoms with Crippen LogP contribution >= 0.6 is 12.2 Å². The summed E-state index contributed by atoms with van der Waals surface area (Å²) in [5.41, 5.74) is 6.73. The molecule has 2 rings (SSSR count). The van der Waals surface area contributed by atoms with Crippen LogP contribution in [0.25, 0.3) is 0 Å². The monoisotopic (exact) mass is 266 g/mol. The molecule has 0 aromatic carbocycles. The van der Waals surface area contributed by atoms with E-state index >= 15 is 0 Å². The second-order valence-corrected chi connectivity index (χ2v) is 4.83. The van der Waals surface area contributed by atoms with Crippen molar-refractivity contribution < 1.29 is 4.73 Å². The van der Waals surface area contributed by atoms with Gasteiger partial charge in [0.05, 0.1) is 0 Å². The minimum absolute atomic E-state index is 0.107. The summed E-state index contributed by atoms with van der Waals surface area (Å²) in [5.74, 6) is 0. The number of rotatable bonds is 3. The average Bonchev–Trinajstić information content (AvgIpc) is 2.90. The van der Waals surface area contributed by atoms with Gasteiger partial charge in [-0.05, 0) is 38.0 Å². The summed E-state index contributed by atoms with van der Waals surface area (Å²) in [6.07, 6.45) is 3.87. The molecule has 1 aliphatic heterocycles. The minimum Gasteiger partial charge on any atom is -0.618 e. The van der Waals surface area contributed by atoms with Gasteiger partial charge in [-0.25, -0.2) is 5.43 Å². The van der Waals surface area contributed by atoms with Gasteiger partial charge in [-0.2, -0.15) is 4.73 Å². The fraction of sp³-hybridized carbons (Fsp3) is 0.500. The Balaban J connectivity index is 1.86. The fourth-order valence-corrected chi connectivity index (χ4v) is 2.26. The quantitative estimate of drug-likeness (QED) is 0.368. The molecule has 6 heteroatoms. The summed E-state index contributed by atoms with van der Waals surface area (Å²) in [6, 6.07) is 5.25. The lowest BCUT2D eigenvalue weighted by atomic mass is 10.2. The van der Waals surface area contributed by atoms with Crippen molar-refractivity contribution in [3.05, 3.63) is 35.3 Å². The molecule has 0 bridgehead atoms. The normalized spacial score (nSPS) is 16.6. The highest BCUT2D eigenvalue weighted by Gasteiger charge is 2.17. The maximum atomic E-state index is 11.6.